The highest BCUT2D eigenvalue weighted by Gasteiger charge is 2.35. The number of para-hydroxylation sites is 1. The molecule has 1 N–H and O–H groups in total. The van der Waals surface area contributed by atoms with Crippen LogP contribution in [0.3, 0.4) is 0 Å². The molecule has 2 aromatic rings. The fourth-order valence-electron chi connectivity index (χ4n) is 3.30. The average molecular weight is 382 g/mol. The van der Waals surface area contributed by atoms with E-state index in [0.29, 0.717) is 36.7 Å². The molecule has 1 aliphatic heterocycles. The standard InChI is InChI=1S/C21H26N4O3/c1-4-28-18-10-6-5-8-16(18)21(27)25-13-7-9-17(25)20(26)23-19-12-11-15(14-22-19)24(2)3/h5-6,8,10-12,14,17H,4,7,9,13H2,1-3H3,(H,22,23,26). The second kappa shape index (κ2) is 8.73. The number of carbonyl (C=O) groups is 2. The lowest BCUT2D eigenvalue weighted by Crippen LogP contribution is -2.43. The molecule has 148 valence electrons. The molecule has 0 radical (unpaired) electrons. The minimum Gasteiger partial charge on any atom is -0.493 e. The minimum absolute atomic E-state index is 0.183. The summed E-state index contributed by atoms with van der Waals surface area (Å²) >= 11 is 0. The van der Waals surface area contributed by atoms with Crippen molar-refractivity contribution in [1.82, 2.24) is 9.88 Å². The number of carbonyl (C=O) groups excluding carboxylic acids is 2. The summed E-state index contributed by atoms with van der Waals surface area (Å²) in [7, 11) is 3.86. The monoisotopic (exact) mass is 382 g/mol. The first-order valence-corrected chi connectivity index (χ1v) is 9.48. The zero-order valence-corrected chi connectivity index (χ0v) is 16.5. The quantitative estimate of drug-likeness (QED) is 0.832. The van der Waals surface area contributed by atoms with E-state index in [1.54, 1.807) is 35.4 Å². The molecule has 28 heavy (non-hydrogen) atoms. The van der Waals surface area contributed by atoms with Crippen LogP contribution in [0.4, 0.5) is 11.5 Å². The van der Waals surface area contributed by atoms with Gasteiger partial charge in [0.1, 0.15) is 17.6 Å². The van der Waals surface area contributed by atoms with Crippen LogP contribution in [-0.2, 0) is 4.79 Å². The van der Waals surface area contributed by atoms with E-state index in [2.05, 4.69) is 10.3 Å². The van der Waals surface area contributed by atoms with Crippen molar-refractivity contribution in [1.29, 1.82) is 0 Å². The van der Waals surface area contributed by atoms with Crippen LogP contribution in [0.1, 0.15) is 30.1 Å². The number of nitrogens with one attached hydrogen (secondary N) is 1. The first-order valence-electron chi connectivity index (χ1n) is 9.48. The third-order valence-electron chi connectivity index (χ3n) is 4.75. The molecule has 1 fully saturated rings. The highest BCUT2D eigenvalue weighted by atomic mass is 16.5. The Hall–Kier alpha value is -3.09. The maximum Gasteiger partial charge on any atom is 0.258 e. The largest absolute Gasteiger partial charge is 0.493 e. The summed E-state index contributed by atoms with van der Waals surface area (Å²) < 4.78 is 5.58. The number of amides is 2. The van der Waals surface area contributed by atoms with Crippen molar-refractivity contribution in [3.8, 4) is 5.75 Å². The maximum atomic E-state index is 13.1. The number of anilines is 2. The highest BCUT2D eigenvalue weighted by molar-refractivity contribution is 6.02. The van der Waals surface area contributed by atoms with Gasteiger partial charge >= 0.3 is 0 Å². The predicted molar refractivity (Wildman–Crippen MR) is 109 cm³/mol. The van der Waals surface area contributed by atoms with Gasteiger partial charge in [-0.3, -0.25) is 9.59 Å². The summed E-state index contributed by atoms with van der Waals surface area (Å²) in [5, 5.41) is 2.83. The highest BCUT2D eigenvalue weighted by Crippen LogP contribution is 2.26. The fourth-order valence-corrected chi connectivity index (χ4v) is 3.30. The molecule has 1 saturated heterocycles. The van der Waals surface area contributed by atoms with Crippen LogP contribution < -0.4 is 15.0 Å². The van der Waals surface area contributed by atoms with Crippen molar-refractivity contribution in [2.75, 3.05) is 37.5 Å². The van der Waals surface area contributed by atoms with E-state index in [9.17, 15) is 9.59 Å². The Bertz CT molecular complexity index is 836. The van der Waals surface area contributed by atoms with Crippen LogP contribution in [0.2, 0.25) is 0 Å². The number of nitrogens with zero attached hydrogens (tertiary/aromatic N) is 3. The van der Waals surface area contributed by atoms with Crippen molar-refractivity contribution in [2.24, 2.45) is 0 Å². The molecule has 1 atom stereocenters. The van der Waals surface area contributed by atoms with Crippen LogP contribution in [0.25, 0.3) is 0 Å². The Morgan fingerprint density at radius 2 is 2.04 bits per heavy atom. The van der Waals surface area contributed by atoms with Crippen LogP contribution in [0.15, 0.2) is 42.6 Å². The molecule has 1 aromatic carbocycles. The first kappa shape index (κ1) is 19.7. The molecule has 7 heteroatoms. The van der Waals surface area contributed by atoms with Gasteiger partial charge < -0.3 is 19.9 Å². The Balaban J connectivity index is 1.73. The molecule has 1 aromatic heterocycles. The van der Waals surface area contributed by atoms with E-state index in [1.165, 1.54) is 0 Å². The fraction of sp³-hybridized carbons (Fsp3) is 0.381. The number of ether oxygens (including phenoxy) is 1. The zero-order valence-electron chi connectivity index (χ0n) is 16.5. The summed E-state index contributed by atoms with van der Waals surface area (Å²) in [5.41, 5.74) is 1.43. The molecule has 0 bridgehead atoms. The van der Waals surface area contributed by atoms with E-state index in [1.807, 2.05) is 38.1 Å². The summed E-state index contributed by atoms with van der Waals surface area (Å²) in [4.78, 5) is 33.7. The summed E-state index contributed by atoms with van der Waals surface area (Å²) in [6.07, 6.45) is 3.11. The van der Waals surface area contributed by atoms with Crippen LogP contribution in [0, 0.1) is 0 Å². The molecule has 2 amide bonds. The van der Waals surface area contributed by atoms with Gasteiger partial charge in [-0.05, 0) is 44.0 Å². The zero-order chi connectivity index (χ0) is 20.1. The van der Waals surface area contributed by atoms with Crippen LogP contribution in [-0.4, -0.2) is 55.0 Å². The number of hydrogen-bond acceptors (Lipinski definition) is 5. The third-order valence-corrected chi connectivity index (χ3v) is 4.75. The SMILES string of the molecule is CCOc1ccccc1C(=O)N1CCCC1C(=O)Nc1ccc(N(C)C)cn1. The molecule has 1 unspecified atom stereocenters. The molecule has 1 aliphatic rings. The predicted octanol–water partition coefficient (Wildman–Crippen LogP) is 2.79. The third kappa shape index (κ3) is 4.24. The van der Waals surface area contributed by atoms with Crippen LogP contribution in [0.5, 0.6) is 5.75 Å². The second-order valence-corrected chi connectivity index (χ2v) is 6.87. The van der Waals surface area contributed by atoms with Crippen LogP contribution >= 0.6 is 0 Å². The lowest BCUT2D eigenvalue weighted by Gasteiger charge is -2.24. The maximum absolute atomic E-state index is 13.1. The lowest BCUT2D eigenvalue weighted by molar-refractivity contribution is -0.119. The normalized spacial score (nSPS) is 16.0. The summed E-state index contributed by atoms with van der Waals surface area (Å²) in [6.45, 7) is 2.90. The number of likely N-dealkylation sites (tertiary alicyclic amines) is 1. The van der Waals surface area contributed by atoms with Crippen molar-refractivity contribution < 1.29 is 14.3 Å². The summed E-state index contributed by atoms with van der Waals surface area (Å²) in [6, 6.07) is 10.3. The molecular formula is C21H26N4O3. The van der Waals surface area contributed by atoms with Gasteiger partial charge in [-0.1, -0.05) is 12.1 Å². The lowest BCUT2D eigenvalue weighted by atomic mass is 10.1. The van der Waals surface area contributed by atoms with Crippen molar-refractivity contribution in [3.63, 3.8) is 0 Å². The molecule has 3 rings (SSSR count). The van der Waals surface area contributed by atoms with Gasteiger partial charge in [0, 0.05) is 20.6 Å². The number of rotatable bonds is 6. The van der Waals surface area contributed by atoms with Gasteiger partial charge in [-0.15, -0.1) is 0 Å². The average Bonchev–Trinajstić information content (AvgIpc) is 3.18. The molecule has 0 spiro atoms. The second-order valence-electron chi connectivity index (χ2n) is 6.87. The van der Waals surface area contributed by atoms with Crippen molar-refractivity contribution in [2.45, 2.75) is 25.8 Å². The smallest absolute Gasteiger partial charge is 0.258 e. The first-order chi connectivity index (χ1) is 13.5. The van der Waals surface area contributed by atoms with Crippen molar-refractivity contribution in [3.05, 3.63) is 48.2 Å². The molecule has 0 aliphatic carbocycles. The number of aromatic nitrogens is 1. The Labute approximate surface area is 165 Å². The van der Waals surface area contributed by atoms with E-state index in [-0.39, 0.29) is 11.8 Å². The van der Waals surface area contributed by atoms with Gasteiger partial charge in [0.05, 0.1) is 24.1 Å². The Morgan fingerprint density at radius 1 is 1.25 bits per heavy atom. The Morgan fingerprint density at radius 3 is 2.71 bits per heavy atom. The van der Waals surface area contributed by atoms with E-state index in [4.69, 9.17) is 4.74 Å². The van der Waals surface area contributed by atoms with E-state index in [0.717, 1.165) is 12.1 Å². The topological polar surface area (TPSA) is 74.8 Å². The van der Waals surface area contributed by atoms with E-state index >= 15 is 0 Å². The van der Waals surface area contributed by atoms with Gasteiger partial charge in [-0.2, -0.15) is 0 Å². The van der Waals surface area contributed by atoms with Gasteiger partial charge in [0.2, 0.25) is 5.91 Å². The Kier molecular flexibility index (Phi) is 6.13. The van der Waals surface area contributed by atoms with Crippen molar-refractivity contribution >= 4 is 23.3 Å². The number of pyridine rings is 1. The minimum atomic E-state index is -0.516. The van der Waals surface area contributed by atoms with Gasteiger partial charge in [-0.25, -0.2) is 4.98 Å². The molecule has 7 nitrogen and oxygen atoms in total. The summed E-state index contributed by atoms with van der Waals surface area (Å²) in [5.74, 6) is 0.620. The molecular weight excluding hydrogens is 356 g/mol. The van der Waals surface area contributed by atoms with E-state index < -0.39 is 6.04 Å². The van der Waals surface area contributed by atoms with Gasteiger partial charge in [0.15, 0.2) is 0 Å². The number of benzene rings is 1. The molecule has 2 heterocycles. The van der Waals surface area contributed by atoms with Gasteiger partial charge in [0.25, 0.3) is 5.91 Å². The molecule has 0 saturated carbocycles. The number of hydrogen-bond donors (Lipinski definition) is 1.